The molecule has 0 radical (unpaired) electrons. The van der Waals surface area contributed by atoms with E-state index < -0.39 is 68.0 Å². The fourth-order valence-electron chi connectivity index (χ4n) is 1.62. The summed E-state index contributed by atoms with van der Waals surface area (Å²) >= 11 is 0. The second kappa shape index (κ2) is 16.9. The van der Waals surface area contributed by atoms with Gasteiger partial charge in [0.15, 0.2) is 11.6 Å². The highest BCUT2D eigenvalue weighted by molar-refractivity contribution is 5.84. The number of carbonyl (C=O) groups excluding carboxylic acids is 2. The van der Waals surface area contributed by atoms with Gasteiger partial charge in [-0.1, -0.05) is 13.3 Å². The van der Waals surface area contributed by atoms with Gasteiger partial charge in [-0.15, -0.1) is 0 Å². The van der Waals surface area contributed by atoms with Crippen molar-refractivity contribution in [1.29, 1.82) is 0 Å². The third-order valence-corrected chi connectivity index (χ3v) is 3.51. The maximum Gasteiger partial charge on any atom is 0.189 e. The molecule has 0 saturated heterocycles. The summed E-state index contributed by atoms with van der Waals surface area (Å²) in [6.07, 6.45) is -8.43. The van der Waals surface area contributed by atoms with Crippen molar-refractivity contribution in [3.63, 3.8) is 0 Å². The van der Waals surface area contributed by atoms with E-state index in [9.17, 15) is 19.8 Å². The molecule has 6 atom stereocenters. The lowest BCUT2D eigenvalue weighted by Crippen LogP contribution is -2.45. The molecule has 0 amide bonds. The Morgan fingerprint density at radius 1 is 0.786 bits per heavy atom. The SMILES string of the molecule is CCCCOCC(=O)[C@H](O)[C@@H](O)[C@H](O)CO.O=C(CO)[C@H](O)[C@@H](O)[C@H](O)CO. The van der Waals surface area contributed by atoms with Crippen LogP contribution in [0.3, 0.4) is 0 Å². The molecule has 0 unspecified atom stereocenters. The Kier molecular flexibility index (Phi) is 17.5. The Hall–Kier alpha value is -1.06. The summed E-state index contributed by atoms with van der Waals surface area (Å²) in [6.45, 7) is -0.332. The molecule has 0 aromatic rings. The number of aliphatic hydroxyl groups is 9. The number of aliphatic hydroxyl groups excluding tert-OH is 9. The van der Waals surface area contributed by atoms with Crippen LogP contribution in [0.25, 0.3) is 0 Å². The van der Waals surface area contributed by atoms with Gasteiger partial charge in [-0.25, -0.2) is 0 Å². The summed E-state index contributed by atoms with van der Waals surface area (Å²) in [7, 11) is 0. The standard InChI is InChI=1S/C10H20O6.C6H12O6/c1-2-3-4-16-6-8(13)10(15)9(14)7(12)5-11;7-1-3(9)5(11)6(12)4(10)2-8/h7,9-12,14-15H,2-6H2,1H3;3,5-9,11-12H,1-2H2/t7-,9+,10+;3-,5+,6+/m11/s1. The third-order valence-electron chi connectivity index (χ3n) is 3.51. The molecule has 0 aromatic carbocycles. The van der Waals surface area contributed by atoms with Crippen molar-refractivity contribution in [3.05, 3.63) is 0 Å². The van der Waals surface area contributed by atoms with Gasteiger partial charge in [-0.2, -0.15) is 0 Å². The van der Waals surface area contributed by atoms with Crippen LogP contribution in [0.4, 0.5) is 0 Å². The van der Waals surface area contributed by atoms with Gasteiger partial charge in [-0.05, 0) is 6.42 Å². The van der Waals surface area contributed by atoms with Crippen LogP contribution in [0.5, 0.6) is 0 Å². The number of hydrogen-bond donors (Lipinski definition) is 9. The van der Waals surface area contributed by atoms with E-state index in [0.29, 0.717) is 6.61 Å². The number of Topliss-reactive ketones (excluding diaryl/α,β-unsaturated/α-hetero) is 2. The van der Waals surface area contributed by atoms with E-state index >= 15 is 0 Å². The molecule has 28 heavy (non-hydrogen) atoms. The second-order valence-corrected chi connectivity index (χ2v) is 5.87. The van der Waals surface area contributed by atoms with Crippen molar-refractivity contribution in [1.82, 2.24) is 0 Å². The number of hydrogen-bond acceptors (Lipinski definition) is 12. The summed E-state index contributed by atoms with van der Waals surface area (Å²) in [5.41, 5.74) is 0. The molecule has 0 aliphatic carbocycles. The van der Waals surface area contributed by atoms with Crippen molar-refractivity contribution in [2.75, 3.05) is 33.0 Å². The monoisotopic (exact) mass is 416 g/mol. The van der Waals surface area contributed by atoms with E-state index in [1.165, 1.54) is 0 Å². The predicted octanol–water partition coefficient (Wildman–Crippen LogP) is -4.93. The molecule has 0 heterocycles. The van der Waals surface area contributed by atoms with Gasteiger partial charge >= 0.3 is 0 Å². The van der Waals surface area contributed by atoms with Crippen molar-refractivity contribution in [3.8, 4) is 0 Å². The maximum absolute atomic E-state index is 11.2. The zero-order chi connectivity index (χ0) is 22.3. The zero-order valence-corrected chi connectivity index (χ0v) is 15.7. The Balaban J connectivity index is 0. The van der Waals surface area contributed by atoms with Crippen molar-refractivity contribution in [2.45, 2.75) is 56.4 Å². The minimum Gasteiger partial charge on any atom is -0.394 e. The van der Waals surface area contributed by atoms with Gasteiger partial charge in [0, 0.05) is 6.61 Å². The van der Waals surface area contributed by atoms with E-state index in [4.69, 9.17) is 40.5 Å². The van der Waals surface area contributed by atoms with Gasteiger partial charge in [-0.3, -0.25) is 9.59 Å². The van der Waals surface area contributed by atoms with Crippen LogP contribution in [0.15, 0.2) is 0 Å². The molecule has 0 aliphatic heterocycles. The van der Waals surface area contributed by atoms with Crippen LogP contribution in [0.1, 0.15) is 19.8 Å². The lowest BCUT2D eigenvalue weighted by molar-refractivity contribution is -0.144. The highest BCUT2D eigenvalue weighted by atomic mass is 16.5. The molecule has 0 rings (SSSR count). The first kappa shape index (κ1) is 29.1. The van der Waals surface area contributed by atoms with E-state index in [1.807, 2.05) is 6.92 Å². The van der Waals surface area contributed by atoms with Gasteiger partial charge < -0.3 is 50.7 Å². The van der Waals surface area contributed by atoms with E-state index in [1.54, 1.807) is 0 Å². The smallest absolute Gasteiger partial charge is 0.189 e. The quantitative estimate of drug-likeness (QED) is 0.121. The molecule has 168 valence electrons. The van der Waals surface area contributed by atoms with E-state index in [2.05, 4.69) is 0 Å². The first-order valence-corrected chi connectivity index (χ1v) is 8.62. The lowest BCUT2D eigenvalue weighted by atomic mass is 10.1. The molecule has 9 N–H and O–H groups in total. The topological polar surface area (TPSA) is 225 Å². The van der Waals surface area contributed by atoms with Crippen LogP contribution >= 0.6 is 0 Å². The minimum absolute atomic E-state index is 0.309. The molecular formula is C16H32O12. The van der Waals surface area contributed by atoms with Crippen molar-refractivity contribution >= 4 is 11.6 Å². The van der Waals surface area contributed by atoms with Gasteiger partial charge in [0.25, 0.3) is 0 Å². The summed E-state index contributed by atoms with van der Waals surface area (Å²) in [6, 6.07) is 0. The molecule has 0 aliphatic rings. The van der Waals surface area contributed by atoms with Crippen LogP contribution in [0.2, 0.25) is 0 Å². The summed E-state index contributed by atoms with van der Waals surface area (Å²) in [5, 5.41) is 79.1. The fourth-order valence-corrected chi connectivity index (χ4v) is 1.62. The highest BCUT2D eigenvalue weighted by Gasteiger charge is 2.30. The van der Waals surface area contributed by atoms with Crippen molar-refractivity contribution < 1.29 is 60.3 Å². The van der Waals surface area contributed by atoms with Crippen molar-refractivity contribution in [2.24, 2.45) is 0 Å². The largest absolute Gasteiger partial charge is 0.394 e. The van der Waals surface area contributed by atoms with Gasteiger partial charge in [0.1, 0.15) is 49.8 Å². The molecule has 12 heteroatoms. The highest BCUT2D eigenvalue weighted by Crippen LogP contribution is 2.02. The molecule has 0 aromatic heterocycles. The van der Waals surface area contributed by atoms with Crippen LogP contribution in [-0.2, 0) is 14.3 Å². The molecule has 0 bridgehead atoms. The maximum atomic E-state index is 11.2. The fraction of sp³-hybridized carbons (Fsp3) is 0.875. The van der Waals surface area contributed by atoms with Crippen LogP contribution in [0, 0.1) is 0 Å². The minimum atomic E-state index is -1.86. The number of ketones is 2. The molecule has 0 spiro atoms. The van der Waals surface area contributed by atoms with Crippen LogP contribution < -0.4 is 0 Å². The third kappa shape index (κ3) is 11.7. The van der Waals surface area contributed by atoms with E-state index in [-0.39, 0.29) is 6.61 Å². The molecule has 12 nitrogen and oxygen atoms in total. The lowest BCUT2D eigenvalue weighted by Gasteiger charge is -2.20. The molecule has 0 fully saturated rings. The predicted molar refractivity (Wildman–Crippen MR) is 93.0 cm³/mol. The first-order chi connectivity index (χ1) is 13.1. The number of rotatable bonds is 14. The Bertz CT molecular complexity index is 418. The molecular weight excluding hydrogens is 384 g/mol. The Morgan fingerprint density at radius 2 is 1.21 bits per heavy atom. The number of unbranched alkanes of at least 4 members (excludes halogenated alkanes) is 1. The zero-order valence-electron chi connectivity index (χ0n) is 15.7. The molecule has 0 saturated carbocycles. The normalized spacial score (nSPS) is 17.5. The van der Waals surface area contributed by atoms with Crippen LogP contribution in [-0.4, -0.2) is 127 Å². The summed E-state index contributed by atoms with van der Waals surface area (Å²) < 4.78 is 4.96. The number of carbonyl (C=O) groups is 2. The first-order valence-electron chi connectivity index (χ1n) is 8.62. The Morgan fingerprint density at radius 3 is 1.57 bits per heavy atom. The average Bonchev–Trinajstić information content (AvgIpc) is 2.72. The summed E-state index contributed by atoms with van der Waals surface area (Å²) in [5.74, 6) is -1.72. The number of ether oxygens (including phenoxy) is 1. The van der Waals surface area contributed by atoms with Gasteiger partial charge in [0.05, 0.1) is 13.2 Å². The van der Waals surface area contributed by atoms with E-state index in [0.717, 1.165) is 12.8 Å². The Labute approximate surface area is 162 Å². The average molecular weight is 416 g/mol. The summed E-state index contributed by atoms with van der Waals surface area (Å²) in [4.78, 5) is 21.8. The van der Waals surface area contributed by atoms with Gasteiger partial charge in [0.2, 0.25) is 0 Å². The second-order valence-electron chi connectivity index (χ2n) is 5.87.